The van der Waals surface area contributed by atoms with Gasteiger partial charge in [-0.2, -0.15) is 0 Å². The molecule has 3 aromatic rings. The van der Waals surface area contributed by atoms with Crippen molar-refractivity contribution in [2.75, 3.05) is 13.1 Å². The average molecular weight is 507 g/mol. The van der Waals surface area contributed by atoms with Crippen molar-refractivity contribution in [3.63, 3.8) is 0 Å². The van der Waals surface area contributed by atoms with Crippen LogP contribution >= 0.6 is 27.3 Å². The summed E-state index contributed by atoms with van der Waals surface area (Å²) >= 11 is 5.34. The Morgan fingerprint density at radius 2 is 1.97 bits per heavy atom. The van der Waals surface area contributed by atoms with E-state index in [1.54, 1.807) is 11.3 Å². The number of likely N-dealkylation sites (tertiary alicyclic amines) is 1. The van der Waals surface area contributed by atoms with E-state index in [-0.39, 0.29) is 5.91 Å². The Morgan fingerprint density at radius 1 is 1.19 bits per heavy atom. The van der Waals surface area contributed by atoms with Gasteiger partial charge in [-0.05, 0) is 93.9 Å². The van der Waals surface area contributed by atoms with Gasteiger partial charge in [0, 0.05) is 39.9 Å². The molecule has 4 rings (SSSR count). The minimum atomic E-state index is 0.0556. The van der Waals surface area contributed by atoms with Gasteiger partial charge in [-0.15, -0.1) is 17.8 Å². The zero-order valence-electron chi connectivity index (χ0n) is 18.5. The zero-order chi connectivity index (χ0) is 22.7. The Hall–Kier alpha value is -2.42. The van der Waals surface area contributed by atoms with E-state index in [1.165, 1.54) is 16.9 Å². The lowest BCUT2D eigenvalue weighted by molar-refractivity contribution is 0.0723. The number of halogens is 1. The first-order valence-corrected chi connectivity index (χ1v) is 12.8. The third-order valence-corrected chi connectivity index (χ3v) is 7.59. The lowest BCUT2D eigenvalue weighted by Crippen LogP contribution is -2.35. The Morgan fingerprint density at radius 3 is 2.69 bits per heavy atom. The SMILES string of the molecule is C#Cc1c(-c2csc(-c3ccnc(CC(C)C)c3)c2)ccc(C(=O)N2CCCCC2)c1Br. The third kappa shape index (κ3) is 4.82. The first-order valence-electron chi connectivity index (χ1n) is 11.1. The van der Waals surface area contributed by atoms with Gasteiger partial charge in [0.05, 0.1) is 5.56 Å². The number of pyridine rings is 1. The van der Waals surface area contributed by atoms with Gasteiger partial charge in [-0.1, -0.05) is 25.8 Å². The van der Waals surface area contributed by atoms with Crippen LogP contribution in [0.3, 0.4) is 0 Å². The second-order valence-corrected chi connectivity index (χ2v) is 10.4. The molecule has 1 aliphatic heterocycles. The van der Waals surface area contributed by atoms with Crippen LogP contribution in [-0.2, 0) is 6.42 Å². The largest absolute Gasteiger partial charge is 0.339 e. The molecule has 0 atom stereocenters. The molecule has 2 aromatic heterocycles. The number of aromatic nitrogens is 1. The topological polar surface area (TPSA) is 33.2 Å². The molecular formula is C27H27BrN2OS. The number of amides is 1. The summed E-state index contributed by atoms with van der Waals surface area (Å²) in [6.45, 7) is 6.04. The summed E-state index contributed by atoms with van der Waals surface area (Å²) in [6, 6.07) is 10.3. The zero-order valence-corrected chi connectivity index (χ0v) is 20.9. The number of rotatable bonds is 5. The highest BCUT2D eigenvalue weighted by Crippen LogP contribution is 2.37. The molecule has 164 valence electrons. The van der Waals surface area contributed by atoms with Crippen LogP contribution in [0.1, 0.15) is 54.7 Å². The van der Waals surface area contributed by atoms with Crippen molar-refractivity contribution in [1.82, 2.24) is 9.88 Å². The summed E-state index contributed by atoms with van der Waals surface area (Å²) in [5.41, 5.74) is 5.69. The first kappa shape index (κ1) is 22.8. The molecular weight excluding hydrogens is 480 g/mol. The fourth-order valence-electron chi connectivity index (χ4n) is 4.18. The summed E-state index contributed by atoms with van der Waals surface area (Å²) in [6.07, 6.45) is 12.1. The predicted molar refractivity (Wildman–Crippen MR) is 137 cm³/mol. The van der Waals surface area contributed by atoms with Crippen LogP contribution in [0.25, 0.3) is 21.6 Å². The van der Waals surface area contributed by atoms with Gasteiger partial charge in [0.25, 0.3) is 5.91 Å². The van der Waals surface area contributed by atoms with E-state index < -0.39 is 0 Å². The molecule has 0 radical (unpaired) electrons. The first-order chi connectivity index (χ1) is 15.5. The second kappa shape index (κ2) is 10.0. The molecule has 1 aromatic carbocycles. The fraction of sp³-hybridized carbons (Fsp3) is 0.333. The number of hydrogen-bond donors (Lipinski definition) is 0. The van der Waals surface area contributed by atoms with Crippen molar-refractivity contribution in [3.05, 3.63) is 63.2 Å². The van der Waals surface area contributed by atoms with Crippen molar-refractivity contribution in [2.24, 2.45) is 5.92 Å². The summed E-state index contributed by atoms with van der Waals surface area (Å²) in [7, 11) is 0. The van der Waals surface area contributed by atoms with E-state index in [0.29, 0.717) is 16.0 Å². The summed E-state index contributed by atoms with van der Waals surface area (Å²) in [4.78, 5) is 20.7. The molecule has 0 unspecified atom stereocenters. The van der Waals surface area contributed by atoms with Crippen LogP contribution in [0.15, 0.2) is 46.4 Å². The number of nitrogens with zero attached hydrogens (tertiary/aromatic N) is 2. The average Bonchev–Trinajstić information content (AvgIpc) is 3.29. The Labute approximate surface area is 203 Å². The molecule has 0 bridgehead atoms. The molecule has 3 nitrogen and oxygen atoms in total. The van der Waals surface area contributed by atoms with Crippen molar-refractivity contribution >= 4 is 33.2 Å². The lowest BCUT2D eigenvalue weighted by atomic mass is 9.98. The highest BCUT2D eigenvalue weighted by molar-refractivity contribution is 9.10. The molecule has 1 amide bonds. The standard InChI is InChI=1S/C27H27BrN2OS/c1-4-22-23(8-9-24(26(22)28)27(31)30-12-6-5-7-13-30)20-16-25(32-17-20)19-10-11-29-21(15-19)14-18(2)3/h1,8-11,15-18H,5-7,12-14H2,2-3H3. The second-order valence-electron chi connectivity index (χ2n) is 8.68. The van der Waals surface area contributed by atoms with Gasteiger partial charge in [-0.3, -0.25) is 9.78 Å². The normalized spacial score (nSPS) is 13.9. The monoisotopic (exact) mass is 506 g/mol. The van der Waals surface area contributed by atoms with E-state index in [2.05, 4.69) is 64.3 Å². The number of hydrogen-bond acceptors (Lipinski definition) is 3. The van der Waals surface area contributed by atoms with Gasteiger partial charge in [-0.25, -0.2) is 0 Å². The Kier molecular flexibility index (Phi) is 7.13. The third-order valence-electron chi connectivity index (χ3n) is 5.79. The molecule has 0 spiro atoms. The molecule has 0 aliphatic carbocycles. The van der Waals surface area contributed by atoms with Crippen LogP contribution in [0, 0.1) is 18.3 Å². The number of thiophene rings is 1. The highest BCUT2D eigenvalue weighted by Gasteiger charge is 2.23. The predicted octanol–water partition coefficient (Wildman–Crippen LogP) is 7.05. The molecule has 3 heterocycles. The van der Waals surface area contributed by atoms with Crippen molar-refractivity contribution in [3.8, 4) is 33.9 Å². The Bertz CT molecular complexity index is 1170. The summed E-state index contributed by atoms with van der Waals surface area (Å²) in [5.74, 6) is 3.44. The van der Waals surface area contributed by atoms with Crippen molar-refractivity contribution in [2.45, 2.75) is 39.5 Å². The summed E-state index contributed by atoms with van der Waals surface area (Å²) < 4.78 is 0.712. The van der Waals surface area contributed by atoms with Crippen LogP contribution in [0.4, 0.5) is 0 Å². The number of benzene rings is 1. The maximum absolute atomic E-state index is 13.1. The van der Waals surface area contributed by atoms with Crippen molar-refractivity contribution < 1.29 is 4.79 Å². The number of piperidine rings is 1. The molecule has 0 saturated carbocycles. The minimum absolute atomic E-state index is 0.0556. The molecule has 1 fully saturated rings. The number of carbonyl (C=O) groups excluding carboxylic acids is 1. The van der Waals surface area contributed by atoms with E-state index in [4.69, 9.17) is 6.42 Å². The Balaban J connectivity index is 1.65. The fourth-order valence-corrected chi connectivity index (χ4v) is 5.72. The van der Waals surface area contributed by atoms with Gasteiger partial charge in [0.2, 0.25) is 0 Å². The molecule has 32 heavy (non-hydrogen) atoms. The highest BCUT2D eigenvalue weighted by atomic mass is 79.9. The van der Waals surface area contributed by atoms with E-state index in [1.807, 2.05) is 23.2 Å². The van der Waals surface area contributed by atoms with Gasteiger partial charge in [0.1, 0.15) is 0 Å². The van der Waals surface area contributed by atoms with Crippen LogP contribution in [-0.4, -0.2) is 28.9 Å². The smallest absolute Gasteiger partial charge is 0.255 e. The van der Waals surface area contributed by atoms with Crippen LogP contribution in [0.5, 0.6) is 0 Å². The summed E-state index contributed by atoms with van der Waals surface area (Å²) in [5, 5.41) is 2.13. The number of carbonyl (C=O) groups is 1. The maximum Gasteiger partial charge on any atom is 0.255 e. The maximum atomic E-state index is 13.1. The van der Waals surface area contributed by atoms with E-state index in [0.717, 1.165) is 54.7 Å². The van der Waals surface area contributed by atoms with Gasteiger partial charge in [0.15, 0.2) is 0 Å². The quantitative estimate of drug-likeness (QED) is 0.347. The molecule has 1 saturated heterocycles. The van der Waals surface area contributed by atoms with Gasteiger partial charge >= 0.3 is 0 Å². The van der Waals surface area contributed by atoms with E-state index in [9.17, 15) is 4.79 Å². The molecule has 5 heteroatoms. The van der Waals surface area contributed by atoms with Crippen molar-refractivity contribution in [1.29, 1.82) is 0 Å². The number of terminal acetylenes is 1. The van der Waals surface area contributed by atoms with E-state index >= 15 is 0 Å². The minimum Gasteiger partial charge on any atom is -0.339 e. The molecule has 0 N–H and O–H groups in total. The van der Waals surface area contributed by atoms with Crippen LogP contribution < -0.4 is 0 Å². The van der Waals surface area contributed by atoms with Crippen LogP contribution in [0.2, 0.25) is 0 Å². The molecule has 1 aliphatic rings. The lowest BCUT2D eigenvalue weighted by Gasteiger charge is -2.27. The van der Waals surface area contributed by atoms with Gasteiger partial charge < -0.3 is 4.90 Å².